The van der Waals surface area contributed by atoms with E-state index in [2.05, 4.69) is 5.10 Å². The molecule has 2 rings (SSSR count). The first kappa shape index (κ1) is 16.5. The van der Waals surface area contributed by atoms with Gasteiger partial charge in [-0.15, -0.1) is 0 Å². The van der Waals surface area contributed by atoms with Gasteiger partial charge in [-0.25, -0.2) is 4.68 Å². The van der Waals surface area contributed by atoms with E-state index < -0.39 is 17.3 Å². The summed E-state index contributed by atoms with van der Waals surface area (Å²) in [7, 11) is 0. The lowest BCUT2D eigenvalue weighted by Gasteiger charge is -2.07. The molecular formula is C16H12F3N3O. The molecule has 0 aliphatic rings. The van der Waals surface area contributed by atoms with Crippen LogP contribution in [0.3, 0.4) is 0 Å². The van der Waals surface area contributed by atoms with Crippen LogP contribution in [0.15, 0.2) is 40.2 Å². The van der Waals surface area contributed by atoms with Crippen molar-refractivity contribution in [2.45, 2.75) is 20.0 Å². The van der Waals surface area contributed by atoms with Gasteiger partial charge in [0, 0.05) is 5.69 Å². The number of pyridine rings is 1. The van der Waals surface area contributed by atoms with E-state index >= 15 is 0 Å². The fourth-order valence-corrected chi connectivity index (χ4v) is 2.04. The Balaban J connectivity index is 2.38. The number of halogens is 3. The average Bonchev–Trinajstić information content (AvgIpc) is 2.46. The summed E-state index contributed by atoms with van der Waals surface area (Å²) in [6, 6.07) is 7.85. The number of hydrogen-bond acceptors (Lipinski definition) is 3. The number of nitrogens with zero attached hydrogens (tertiary/aromatic N) is 3. The number of nitriles is 1. The van der Waals surface area contributed by atoms with Gasteiger partial charge in [0.15, 0.2) is 0 Å². The summed E-state index contributed by atoms with van der Waals surface area (Å²) < 4.78 is 38.5. The smallest absolute Gasteiger partial charge is 0.266 e. The fraction of sp³-hybridized carbons (Fsp3) is 0.188. The second kappa shape index (κ2) is 6.08. The summed E-state index contributed by atoms with van der Waals surface area (Å²) in [5.41, 5.74) is 0.146. The van der Waals surface area contributed by atoms with Crippen LogP contribution in [-0.4, -0.2) is 10.9 Å². The van der Waals surface area contributed by atoms with Crippen LogP contribution in [0.4, 0.5) is 13.2 Å². The van der Waals surface area contributed by atoms with E-state index in [1.54, 1.807) is 19.9 Å². The van der Waals surface area contributed by atoms with Gasteiger partial charge < -0.3 is 0 Å². The van der Waals surface area contributed by atoms with Gasteiger partial charge in [0.25, 0.3) is 5.56 Å². The van der Waals surface area contributed by atoms with E-state index in [1.807, 2.05) is 6.07 Å². The van der Waals surface area contributed by atoms with Gasteiger partial charge >= 0.3 is 6.18 Å². The zero-order valence-electron chi connectivity index (χ0n) is 12.3. The minimum atomic E-state index is -4.40. The van der Waals surface area contributed by atoms with Gasteiger partial charge in [0.05, 0.1) is 11.8 Å². The predicted molar refractivity (Wildman–Crippen MR) is 79.3 cm³/mol. The zero-order valence-corrected chi connectivity index (χ0v) is 12.3. The third-order valence-corrected chi connectivity index (χ3v) is 3.23. The summed E-state index contributed by atoms with van der Waals surface area (Å²) in [6.45, 7) is 3.30. The number of aromatic nitrogens is 1. The van der Waals surface area contributed by atoms with Crippen LogP contribution in [0.5, 0.6) is 0 Å². The van der Waals surface area contributed by atoms with Gasteiger partial charge in [-0.2, -0.15) is 23.5 Å². The van der Waals surface area contributed by atoms with Crippen molar-refractivity contribution >= 4 is 6.21 Å². The van der Waals surface area contributed by atoms with Gasteiger partial charge in [-0.1, -0.05) is 12.1 Å². The highest BCUT2D eigenvalue weighted by molar-refractivity contribution is 5.79. The predicted octanol–water partition coefficient (Wildman–Crippen LogP) is 3.24. The first-order chi connectivity index (χ1) is 10.7. The molecule has 0 saturated carbocycles. The summed E-state index contributed by atoms with van der Waals surface area (Å²) in [4.78, 5) is 12.1. The fourth-order valence-electron chi connectivity index (χ4n) is 2.04. The van der Waals surface area contributed by atoms with Crippen molar-refractivity contribution in [1.29, 1.82) is 5.26 Å². The molecule has 0 bridgehead atoms. The van der Waals surface area contributed by atoms with Crippen molar-refractivity contribution in [3.05, 3.63) is 68.6 Å². The summed E-state index contributed by atoms with van der Waals surface area (Å²) in [5, 5.41) is 12.9. The lowest BCUT2D eigenvalue weighted by atomic mass is 10.1. The average molecular weight is 319 g/mol. The standard InChI is InChI=1S/C16H12F3N3O/c1-10-7-11(2)22(15(23)14(10)8-20)21-9-12-3-5-13(6-4-12)16(17,18)19/h3-7,9H,1-2H3/b21-9+. The van der Waals surface area contributed by atoms with Crippen molar-refractivity contribution < 1.29 is 13.2 Å². The van der Waals surface area contributed by atoms with Gasteiger partial charge in [-0.3, -0.25) is 4.79 Å². The first-order valence-electron chi connectivity index (χ1n) is 6.59. The Morgan fingerprint density at radius 2 is 1.83 bits per heavy atom. The van der Waals surface area contributed by atoms with E-state index in [0.717, 1.165) is 16.8 Å². The summed E-state index contributed by atoms with van der Waals surface area (Å²) in [5.74, 6) is 0. The molecule has 0 aliphatic heterocycles. The van der Waals surface area contributed by atoms with Crippen molar-refractivity contribution in [3.63, 3.8) is 0 Å². The quantitative estimate of drug-likeness (QED) is 0.798. The van der Waals surface area contributed by atoms with Gasteiger partial charge in [0.1, 0.15) is 11.6 Å². The SMILES string of the molecule is Cc1cc(C)n(/N=C/c2ccc(C(F)(F)F)cc2)c(=O)c1C#N. The molecule has 1 aromatic carbocycles. The van der Waals surface area contributed by atoms with Crippen LogP contribution in [-0.2, 0) is 6.18 Å². The zero-order chi connectivity index (χ0) is 17.2. The number of aryl methyl sites for hydroxylation is 2. The van der Waals surface area contributed by atoms with Crippen molar-refractivity contribution in [2.24, 2.45) is 5.10 Å². The minimum Gasteiger partial charge on any atom is -0.266 e. The second-order valence-electron chi connectivity index (χ2n) is 4.94. The van der Waals surface area contributed by atoms with Crippen molar-refractivity contribution in [3.8, 4) is 6.07 Å². The van der Waals surface area contributed by atoms with E-state index in [1.165, 1.54) is 18.3 Å². The lowest BCUT2D eigenvalue weighted by molar-refractivity contribution is -0.137. The van der Waals surface area contributed by atoms with E-state index in [-0.39, 0.29) is 5.56 Å². The molecule has 2 aromatic rings. The molecule has 0 radical (unpaired) electrons. The minimum absolute atomic E-state index is 0.0137. The maximum absolute atomic E-state index is 12.5. The van der Waals surface area contributed by atoms with Crippen LogP contribution in [0.2, 0.25) is 0 Å². The van der Waals surface area contributed by atoms with E-state index in [9.17, 15) is 18.0 Å². The normalized spacial score (nSPS) is 11.7. The monoisotopic (exact) mass is 319 g/mol. The topological polar surface area (TPSA) is 58.1 Å². The molecule has 0 amide bonds. The van der Waals surface area contributed by atoms with Gasteiger partial charge in [-0.05, 0) is 43.2 Å². The summed E-state index contributed by atoms with van der Waals surface area (Å²) >= 11 is 0. The lowest BCUT2D eigenvalue weighted by Crippen LogP contribution is -2.22. The van der Waals surface area contributed by atoms with Crippen molar-refractivity contribution in [1.82, 2.24) is 4.68 Å². The number of hydrogen-bond donors (Lipinski definition) is 0. The molecule has 7 heteroatoms. The first-order valence-corrected chi connectivity index (χ1v) is 6.59. The Morgan fingerprint density at radius 1 is 1.22 bits per heavy atom. The van der Waals surface area contributed by atoms with Crippen LogP contribution in [0.1, 0.15) is 27.9 Å². The molecule has 0 atom stereocenters. The molecular weight excluding hydrogens is 307 g/mol. The number of rotatable bonds is 2. The van der Waals surface area contributed by atoms with Crippen LogP contribution in [0.25, 0.3) is 0 Å². The molecule has 0 aliphatic carbocycles. The van der Waals surface area contributed by atoms with Crippen LogP contribution < -0.4 is 5.56 Å². The Morgan fingerprint density at radius 3 is 2.35 bits per heavy atom. The Hall–Kier alpha value is -2.88. The van der Waals surface area contributed by atoms with E-state index in [4.69, 9.17) is 5.26 Å². The molecule has 4 nitrogen and oxygen atoms in total. The highest BCUT2D eigenvalue weighted by Crippen LogP contribution is 2.28. The Kier molecular flexibility index (Phi) is 4.36. The van der Waals surface area contributed by atoms with Crippen molar-refractivity contribution in [2.75, 3.05) is 0 Å². The second-order valence-corrected chi connectivity index (χ2v) is 4.94. The van der Waals surface area contributed by atoms with Gasteiger partial charge in [0.2, 0.25) is 0 Å². The van der Waals surface area contributed by atoms with Crippen LogP contribution in [0, 0.1) is 25.2 Å². The highest BCUT2D eigenvalue weighted by atomic mass is 19.4. The summed E-state index contributed by atoms with van der Waals surface area (Å²) in [6.07, 6.45) is -3.13. The molecule has 0 spiro atoms. The molecule has 23 heavy (non-hydrogen) atoms. The van der Waals surface area contributed by atoms with E-state index in [0.29, 0.717) is 16.8 Å². The maximum Gasteiger partial charge on any atom is 0.416 e. The highest BCUT2D eigenvalue weighted by Gasteiger charge is 2.29. The number of alkyl halides is 3. The largest absolute Gasteiger partial charge is 0.416 e. The molecule has 118 valence electrons. The molecule has 0 saturated heterocycles. The Labute approximate surface area is 130 Å². The number of benzene rings is 1. The molecule has 1 heterocycles. The molecule has 0 unspecified atom stereocenters. The maximum atomic E-state index is 12.5. The Bertz CT molecular complexity index is 856. The molecule has 0 N–H and O–H groups in total. The molecule has 1 aromatic heterocycles. The third kappa shape index (κ3) is 3.48. The van der Waals surface area contributed by atoms with Crippen LogP contribution >= 0.6 is 0 Å². The third-order valence-electron chi connectivity index (χ3n) is 3.23. The molecule has 0 fully saturated rings.